The van der Waals surface area contributed by atoms with E-state index in [4.69, 9.17) is 18.0 Å². The van der Waals surface area contributed by atoms with Gasteiger partial charge in [0.2, 0.25) is 5.91 Å². The molecule has 1 amide bonds. The molecule has 0 aromatic heterocycles. The summed E-state index contributed by atoms with van der Waals surface area (Å²) in [7, 11) is 3.70. The Bertz CT molecular complexity index is 481. The third-order valence-corrected chi connectivity index (χ3v) is 3.90. The number of carbonyl (C=O) groups excluding carboxylic acids is 1. The van der Waals surface area contributed by atoms with Gasteiger partial charge in [-0.05, 0) is 18.7 Å². The van der Waals surface area contributed by atoms with Crippen LogP contribution in [0, 0.1) is 0 Å². The first kappa shape index (κ1) is 17.1. The van der Waals surface area contributed by atoms with Crippen LogP contribution in [0.4, 0.5) is 0 Å². The fraction of sp³-hybridized carbons (Fsp3) is 0.429. The van der Waals surface area contributed by atoms with Crippen molar-refractivity contribution in [1.82, 2.24) is 9.80 Å². The predicted octanol–water partition coefficient (Wildman–Crippen LogP) is 2.02. The lowest BCUT2D eigenvalue weighted by Crippen LogP contribution is -2.37. The fourth-order valence-corrected chi connectivity index (χ4v) is 2.23. The molecule has 20 heavy (non-hydrogen) atoms. The Kier molecular flexibility index (Phi) is 7.12. The average molecular weight is 358 g/mol. The molecular formula is C14H20BrN3OS. The molecule has 6 heteroatoms. The lowest BCUT2D eigenvalue weighted by Gasteiger charge is -2.22. The summed E-state index contributed by atoms with van der Waals surface area (Å²) in [5.41, 5.74) is 6.60. The molecule has 0 aliphatic rings. The maximum Gasteiger partial charge on any atom is 0.236 e. The third kappa shape index (κ3) is 5.98. The lowest BCUT2D eigenvalue weighted by atomic mass is 10.2. The first-order valence-electron chi connectivity index (χ1n) is 6.34. The van der Waals surface area contributed by atoms with Gasteiger partial charge in [-0.2, -0.15) is 0 Å². The average Bonchev–Trinajstić information content (AvgIpc) is 2.38. The highest BCUT2D eigenvalue weighted by Crippen LogP contribution is 2.17. The van der Waals surface area contributed by atoms with E-state index in [9.17, 15) is 4.79 Å². The van der Waals surface area contributed by atoms with Crippen LogP contribution in [-0.4, -0.2) is 47.9 Å². The maximum absolute atomic E-state index is 12.0. The van der Waals surface area contributed by atoms with Gasteiger partial charge in [-0.15, -0.1) is 0 Å². The maximum atomic E-state index is 12.0. The molecule has 1 rings (SSSR count). The van der Waals surface area contributed by atoms with E-state index in [0.717, 1.165) is 16.6 Å². The number of thiocarbonyl (C=S) groups is 1. The van der Waals surface area contributed by atoms with Crippen LogP contribution >= 0.6 is 28.1 Å². The Labute approximate surface area is 134 Å². The Morgan fingerprint density at radius 1 is 1.35 bits per heavy atom. The summed E-state index contributed by atoms with van der Waals surface area (Å²) < 4.78 is 1.06. The van der Waals surface area contributed by atoms with E-state index in [1.54, 1.807) is 11.9 Å². The van der Waals surface area contributed by atoms with E-state index in [0.29, 0.717) is 24.5 Å². The number of rotatable bonds is 7. The van der Waals surface area contributed by atoms with E-state index in [-0.39, 0.29) is 5.91 Å². The van der Waals surface area contributed by atoms with Gasteiger partial charge in [0.15, 0.2) is 0 Å². The van der Waals surface area contributed by atoms with Crippen LogP contribution in [0.3, 0.4) is 0 Å². The van der Waals surface area contributed by atoms with Crippen LogP contribution in [-0.2, 0) is 11.3 Å². The van der Waals surface area contributed by atoms with Crippen LogP contribution in [0.5, 0.6) is 0 Å². The van der Waals surface area contributed by atoms with Crippen molar-refractivity contribution in [3.8, 4) is 0 Å². The molecule has 0 spiro atoms. The second-order valence-electron chi connectivity index (χ2n) is 4.80. The first-order valence-corrected chi connectivity index (χ1v) is 7.54. The zero-order valence-electron chi connectivity index (χ0n) is 11.8. The van der Waals surface area contributed by atoms with Crippen molar-refractivity contribution >= 4 is 39.0 Å². The molecule has 0 radical (unpaired) electrons. The van der Waals surface area contributed by atoms with Gasteiger partial charge in [-0.1, -0.05) is 46.3 Å². The molecule has 0 fully saturated rings. The summed E-state index contributed by atoms with van der Waals surface area (Å²) >= 11 is 8.32. The van der Waals surface area contributed by atoms with Gasteiger partial charge >= 0.3 is 0 Å². The molecule has 0 atom stereocenters. The summed E-state index contributed by atoms with van der Waals surface area (Å²) in [5.74, 6) is 0.0656. The van der Waals surface area contributed by atoms with Gasteiger partial charge in [-0.3, -0.25) is 9.69 Å². The van der Waals surface area contributed by atoms with Crippen molar-refractivity contribution in [2.75, 3.05) is 27.2 Å². The molecule has 0 aliphatic heterocycles. The zero-order valence-corrected chi connectivity index (χ0v) is 14.2. The zero-order chi connectivity index (χ0) is 15.1. The van der Waals surface area contributed by atoms with Crippen LogP contribution in [0.25, 0.3) is 0 Å². The number of nitrogens with two attached hydrogens (primary N) is 1. The van der Waals surface area contributed by atoms with Gasteiger partial charge in [0.05, 0.1) is 11.5 Å². The highest BCUT2D eigenvalue weighted by Gasteiger charge is 2.12. The second-order valence-corrected chi connectivity index (χ2v) is 6.17. The van der Waals surface area contributed by atoms with Crippen molar-refractivity contribution < 1.29 is 4.79 Å². The minimum atomic E-state index is 0.0656. The summed E-state index contributed by atoms with van der Waals surface area (Å²) in [4.78, 5) is 16.1. The SMILES string of the molecule is CN(CC(=O)N(C)CCC(N)=S)Cc1ccccc1Br. The number of nitrogens with zero attached hydrogens (tertiary/aromatic N) is 2. The van der Waals surface area contributed by atoms with Crippen LogP contribution in [0.1, 0.15) is 12.0 Å². The van der Waals surface area contributed by atoms with Crippen molar-refractivity contribution in [3.63, 3.8) is 0 Å². The lowest BCUT2D eigenvalue weighted by molar-refractivity contribution is -0.130. The molecule has 0 saturated heterocycles. The molecule has 0 unspecified atom stereocenters. The summed E-state index contributed by atoms with van der Waals surface area (Å²) in [6.07, 6.45) is 0.561. The minimum Gasteiger partial charge on any atom is -0.393 e. The van der Waals surface area contributed by atoms with Crippen LogP contribution < -0.4 is 5.73 Å². The first-order chi connectivity index (χ1) is 9.40. The van der Waals surface area contributed by atoms with Crippen molar-refractivity contribution in [1.29, 1.82) is 0 Å². The summed E-state index contributed by atoms with van der Waals surface area (Å²) in [5, 5.41) is 0. The Balaban J connectivity index is 2.45. The number of carbonyl (C=O) groups is 1. The fourth-order valence-electron chi connectivity index (χ4n) is 1.73. The van der Waals surface area contributed by atoms with Gasteiger partial charge in [0, 0.05) is 31.0 Å². The summed E-state index contributed by atoms with van der Waals surface area (Å²) in [6, 6.07) is 8.01. The molecule has 1 aromatic carbocycles. The van der Waals surface area contributed by atoms with Gasteiger partial charge in [0.25, 0.3) is 0 Å². The number of benzene rings is 1. The molecular weight excluding hydrogens is 338 g/mol. The topological polar surface area (TPSA) is 49.6 Å². The van der Waals surface area contributed by atoms with E-state index >= 15 is 0 Å². The second kappa shape index (κ2) is 8.34. The smallest absolute Gasteiger partial charge is 0.236 e. The van der Waals surface area contributed by atoms with Crippen LogP contribution in [0.2, 0.25) is 0 Å². The van der Waals surface area contributed by atoms with Gasteiger partial charge in [-0.25, -0.2) is 0 Å². The van der Waals surface area contributed by atoms with Gasteiger partial charge < -0.3 is 10.6 Å². The van der Waals surface area contributed by atoms with Gasteiger partial charge in [0.1, 0.15) is 0 Å². The Morgan fingerprint density at radius 2 is 2.00 bits per heavy atom. The molecule has 4 nitrogen and oxygen atoms in total. The molecule has 0 bridgehead atoms. The highest BCUT2D eigenvalue weighted by atomic mass is 79.9. The molecule has 0 aliphatic carbocycles. The quantitative estimate of drug-likeness (QED) is 0.758. The molecule has 1 aromatic rings. The van der Waals surface area contributed by atoms with Crippen molar-refractivity contribution in [2.45, 2.75) is 13.0 Å². The van der Waals surface area contributed by atoms with Crippen molar-refractivity contribution in [3.05, 3.63) is 34.3 Å². The minimum absolute atomic E-state index is 0.0656. The molecule has 0 saturated carbocycles. The molecule has 110 valence electrons. The highest BCUT2D eigenvalue weighted by molar-refractivity contribution is 9.10. The number of amides is 1. The van der Waals surface area contributed by atoms with Crippen LogP contribution in [0.15, 0.2) is 28.7 Å². The predicted molar refractivity (Wildman–Crippen MR) is 89.5 cm³/mol. The van der Waals surface area contributed by atoms with E-state index in [1.807, 2.05) is 36.2 Å². The molecule has 0 heterocycles. The third-order valence-electron chi connectivity index (χ3n) is 2.92. The number of likely N-dealkylation sites (N-methyl/N-ethyl adjacent to an activating group) is 2. The number of hydrogen-bond acceptors (Lipinski definition) is 3. The van der Waals surface area contributed by atoms with E-state index in [1.165, 1.54) is 0 Å². The monoisotopic (exact) mass is 357 g/mol. The molecule has 2 N–H and O–H groups in total. The Hall–Kier alpha value is -0.980. The normalized spacial score (nSPS) is 10.6. The van der Waals surface area contributed by atoms with Crippen molar-refractivity contribution in [2.24, 2.45) is 5.73 Å². The summed E-state index contributed by atoms with van der Waals surface area (Å²) in [6.45, 7) is 1.66. The Morgan fingerprint density at radius 3 is 2.60 bits per heavy atom. The number of hydrogen-bond donors (Lipinski definition) is 1. The number of halogens is 1. The van der Waals surface area contributed by atoms with E-state index < -0.39 is 0 Å². The largest absolute Gasteiger partial charge is 0.393 e. The van der Waals surface area contributed by atoms with E-state index in [2.05, 4.69) is 15.9 Å². The standard InChI is InChI=1S/C14H20BrN3OS/c1-17(9-11-5-3-4-6-12(11)15)10-14(19)18(2)8-7-13(16)20/h3-6H,7-10H2,1-2H3,(H2,16,20).